The van der Waals surface area contributed by atoms with Crippen LogP contribution in [0.15, 0.2) is 12.7 Å². The summed E-state index contributed by atoms with van der Waals surface area (Å²) >= 11 is 0. The maximum atomic E-state index is 14.0. The summed E-state index contributed by atoms with van der Waals surface area (Å²) in [4.78, 5) is 10.9. The smallest absolute Gasteiger partial charge is 0.423 e. The monoisotopic (exact) mass is 340 g/mol. The van der Waals surface area contributed by atoms with E-state index in [9.17, 15) is 40.6 Å². The van der Waals surface area contributed by atoms with E-state index < -0.39 is 41.5 Å². The average molecular weight is 340 g/mol. The molecule has 0 bridgehead atoms. The number of hydrogen-bond acceptors (Lipinski definition) is 4. The van der Waals surface area contributed by atoms with Gasteiger partial charge in [-0.2, -0.15) is 30.7 Å². The molecule has 1 rings (SSSR count). The molecule has 0 radical (unpaired) electrons. The second-order valence-electron chi connectivity index (χ2n) is 4.88. The largest absolute Gasteiger partial charge is 0.446 e. The lowest BCUT2D eigenvalue weighted by molar-refractivity contribution is -0.488. The molecule has 1 fully saturated rings. The van der Waals surface area contributed by atoms with Gasteiger partial charge in [-0.15, -0.1) is 0 Å². The molecule has 0 amide bonds. The van der Waals surface area contributed by atoms with Crippen LogP contribution < -0.4 is 0 Å². The standard InChI is InChI=1S/C11H11F7O4/c1-4-5(19)21-6-9(12,13)7(2,11(16,17)18)22-8(3,20)10(6,14)15/h4,6,20H,1H2,2-3H3. The summed E-state index contributed by atoms with van der Waals surface area (Å²) < 4.78 is 102. The molecular weight excluding hydrogens is 329 g/mol. The van der Waals surface area contributed by atoms with Gasteiger partial charge >= 0.3 is 24.0 Å². The first kappa shape index (κ1) is 18.7. The highest BCUT2D eigenvalue weighted by molar-refractivity contribution is 5.81. The average Bonchev–Trinajstić information content (AvgIpc) is 2.31. The van der Waals surface area contributed by atoms with E-state index in [4.69, 9.17) is 0 Å². The Labute approximate surface area is 119 Å². The molecule has 0 saturated carbocycles. The first-order valence-electron chi connectivity index (χ1n) is 5.62. The quantitative estimate of drug-likeness (QED) is 0.477. The van der Waals surface area contributed by atoms with Crippen LogP contribution in [-0.4, -0.2) is 46.6 Å². The molecule has 1 aliphatic heterocycles. The van der Waals surface area contributed by atoms with Gasteiger partial charge in [0.2, 0.25) is 17.5 Å². The van der Waals surface area contributed by atoms with Gasteiger partial charge < -0.3 is 14.6 Å². The minimum absolute atomic E-state index is 0.0565. The summed E-state index contributed by atoms with van der Waals surface area (Å²) in [7, 11) is 0. The van der Waals surface area contributed by atoms with Crippen LogP contribution in [0.1, 0.15) is 13.8 Å². The summed E-state index contributed by atoms with van der Waals surface area (Å²) in [6.45, 7) is 2.59. The number of rotatable bonds is 2. The van der Waals surface area contributed by atoms with Crippen LogP contribution >= 0.6 is 0 Å². The van der Waals surface area contributed by atoms with E-state index in [1.807, 2.05) is 0 Å². The van der Waals surface area contributed by atoms with Crippen LogP contribution in [0.25, 0.3) is 0 Å². The topological polar surface area (TPSA) is 55.8 Å². The fraction of sp³-hybridized carbons (Fsp3) is 0.727. The zero-order valence-corrected chi connectivity index (χ0v) is 11.2. The maximum absolute atomic E-state index is 14.0. The second-order valence-corrected chi connectivity index (χ2v) is 4.88. The van der Waals surface area contributed by atoms with Gasteiger partial charge in [0.1, 0.15) is 0 Å². The van der Waals surface area contributed by atoms with Crippen molar-refractivity contribution in [2.45, 2.75) is 49.4 Å². The van der Waals surface area contributed by atoms with Gasteiger partial charge in [0, 0.05) is 6.08 Å². The van der Waals surface area contributed by atoms with Gasteiger partial charge in [-0.1, -0.05) is 6.58 Å². The van der Waals surface area contributed by atoms with Crippen molar-refractivity contribution >= 4 is 5.97 Å². The number of halogens is 7. The van der Waals surface area contributed by atoms with Crippen molar-refractivity contribution in [2.75, 3.05) is 0 Å². The van der Waals surface area contributed by atoms with E-state index in [1.165, 1.54) is 0 Å². The Kier molecular flexibility index (Phi) is 4.09. The van der Waals surface area contributed by atoms with Gasteiger partial charge in [-0.3, -0.25) is 0 Å². The van der Waals surface area contributed by atoms with Crippen molar-refractivity contribution < 1.29 is 50.1 Å². The Morgan fingerprint density at radius 3 is 2.05 bits per heavy atom. The number of alkyl halides is 7. The zero-order chi connectivity index (χ0) is 17.8. The van der Waals surface area contributed by atoms with Crippen LogP contribution in [0.5, 0.6) is 0 Å². The number of esters is 1. The third-order valence-corrected chi connectivity index (χ3v) is 3.26. The lowest BCUT2D eigenvalue weighted by atomic mass is 9.82. The number of hydrogen-bond donors (Lipinski definition) is 1. The molecule has 3 unspecified atom stereocenters. The van der Waals surface area contributed by atoms with Crippen molar-refractivity contribution in [3.05, 3.63) is 12.7 Å². The molecular formula is C11H11F7O4. The van der Waals surface area contributed by atoms with Crippen LogP contribution in [0.3, 0.4) is 0 Å². The highest BCUT2D eigenvalue weighted by Crippen LogP contribution is 2.58. The number of carbonyl (C=O) groups is 1. The maximum Gasteiger partial charge on any atom is 0.423 e. The van der Waals surface area contributed by atoms with Gasteiger partial charge in [-0.25, -0.2) is 4.79 Å². The minimum Gasteiger partial charge on any atom is -0.446 e. The summed E-state index contributed by atoms with van der Waals surface area (Å²) in [5.41, 5.74) is -4.52. The highest BCUT2D eigenvalue weighted by Gasteiger charge is 2.84. The van der Waals surface area contributed by atoms with Gasteiger partial charge in [0.15, 0.2) is 0 Å². The summed E-state index contributed by atoms with van der Waals surface area (Å²) in [6.07, 6.45) is -9.56. The molecule has 22 heavy (non-hydrogen) atoms. The molecule has 1 saturated heterocycles. The van der Waals surface area contributed by atoms with Gasteiger partial charge in [0.05, 0.1) is 0 Å². The normalized spacial score (nSPS) is 37.5. The zero-order valence-electron chi connectivity index (χ0n) is 11.2. The Bertz CT molecular complexity index is 485. The highest BCUT2D eigenvalue weighted by atomic mass is 19.4. The van der Waals surface area contributed by atoms with E-state index in [0.717, 1.165) is 0 Å². The van der Waals surface area contributed by atoms with Crippen LogP contribution in [0.4, 0.5) is 30.7 Å². The predicted octanol–water partition coefficient (Wildman–Crippen LogP) is 2.41. The van der Waals surface area contributed by atoms with Crippen molar-refractivity contribution in [3.63, 3.8) is 0 Å². The number of carbonyl (C=O) groups excluding carboxylic acids is 1. The lowest BCUT2D eigenvalue weighted by Gasteiger charge is -2.53. The van der Waals surface area contributed by atoms with Crippen LogP contribution in [0, 0.1) is 0 Å². The van der Waals surface area contributed by atoms with E-state index in [2.05, 4.69) is 16.1 Å². The van der Waals surface area contributed by atoms with E-state index in [-0.39, 0.29) is 19.9 Å². The Hall–Kier alpha value is -1.36. The van der Waals surface area contributed by atoms with Crippen LogP contribution in [-0.2, 0) is 14.3 Å². The van der Waals surface area contributed by atoms with Crippen molar-refractivity contribution in [2.24, 2.45) is 0 Å². The Balaban J connectivity index is 3.54. The SMILES string of the molecule is C=CC(=O)OC1C(F)(F)C(C)(O)OC(C)(C(F)(F)F)C1(F)F. The molecule has 0 aromatic carbocycles. The fourth-order valence-corrected chi connectivity index (χ4v) is 1.81. The van der Waals surface area contributed by atoms with Crippen molar-refractivity contribution in [1.82, 2.24) is 0 Å². The van der Waals surface area contributed by atoms with E-state index >= 15 is 0 Å². The molecule has 4 nitrogen and oxygen atoms in total. The molecule has 0 aliphatic carbocycles. The van der Waals surface area contributed by atoms with Gasteiger partial charge in [-0.05, 0) is 13.8 Å². The second kappa shape index (κ2) is 4.82. The third-order valence-electron chi connectivity index (χ3n) is 3.26. The molecule has 11 heteroatoms. The number of ether oxygens (including phenoxy) is 2. The van der Waals surface area contributed by atoms with E-state index in [0.29, 0.717) is 0 Å². The number of aliphatic hydroxyl groups is 1. The molecule has 0 aromatic heterocycles. The van der Waals surface area contributed by atoms with Crippen LogP contribution in [0.2, 0.25) is 0 Å². The van der Waals surface area contributed by atoms with E-state index in [1.54, 1.807) is 0 Å². The molecule has 0 spiro atoms. The lowest BCUT2D eigenvalue weighted by Crippen LogP contribution is -2.78. The molecule has 1 heterocycles. The first-order valence-corrected chi connectivity index (χ1v) is 5.62. The third kappa shape index (κ3) is 2.35. The Morgan fingerprint density at radius 1 is 1.23 bits per heavy atom. The molecule has 3 atom stereocenters. The summed E-state index contributed by atoms with van der Waals surface area (Å²) in [5.74, 6) is -16.2. The minimum atomic E-state index is -5.85. The molecule has 128 valence electrons. The Morgan fingerprint density at radius 2 is 1.68 bits per heavy atom. The summed E-state index contributed by atoms with van der Waals surface area (Å²) in [6, 6.07) is 0. The van der Waals surface area contributed by atoms with Gasteiger partial charge in [0.25, 0.3) is 0 Å². The molecule has 1 N–H and O–H groups in total. The molecule has 0 aromatic rings. The first-order chi connectivity index (χ1) is 9.54. The van der Waals surface area contributed by atoms with Crippen molar-refractivity contribution in [3.8, 4) is 0 Å². The molecule has 1 aliphatic rings. The van der Waals surface area contributed by atoms with Crippen molar-refractivity contribution in [1.29, 1.82) is 0 Å². The fourth-order valence-electron chi connectivity index (χ4n) is 1.81. The predicted molar refractivity (Wildman–Crippen MR) is 56.1 cm³/mol. The summed E-state index contributed by atoms with van der Waals surface area (Å²) in [5, 5.41) is 9.37.